The smallest absolute Gasteiger partial charge is 0.262 e. The van der Waals surface area contributed by atoms with Gasteiger partial charge in [0.15, 0.2) is 0 Å². The highest BCUT2D eigenvalue weighted by Crippen LogP contribution is 2.40. The Balaban J connectivity index is 2.78. The van der Waals surface area contributed by atoms with Gasteiger partial charge in [0.05, 0.1) is 22.5 Å². The van der Waals surface area contributed by atoms with Crippen molar-refractivity contribution in [2.75, 3.05) is 4.90 Å². The normalized spacial score (nSPS) is 13.1. The molecule has 0 N–H and O–H groups in total. The molecular weight excluding hydrogens is 476 g/mol. The summed E-state index contributed by atoms with van der Waals surface area (Å²) in [5.74, 6) is 0. The summed E-state index contributed by atoms with van der Waals surface area (Å²) in [5.41, 5.74) is -5.54. The lowest BCUT2D eigenvalue weighted by Gasteiger charge is -2.33. The van der Waals surface area contributed by atoms with Gasteiger partial charge in [0.1, 0.15) is 0 Å². The van der Waals surface area contributed by atoms with Gasteiger partial charge < -0.3 is 0 Å². The Labute approximate surface area is 170 Å². The second-order valence-electron chi connectivity index (χ2n) is 5.99. The van der Waals surface area contributed by atoms with E-state index in [1.807, 2.05) is 0 Å². The number of anilines is 2. The van der Waals surface area contributed by atoms with Crippen molar-refractivity contribution in [2.45, 2.75) is 25.0 Å². The Kier molecular flexibility index (Phi) is 6.35. The number of halogens is 12. The number of hydrogen-bond donors (Lipinski definition) is 0. The minimum Gasteiger partial charge on any atom is -0.262 e. The predicted octanol–water partition coefficient (Wildman–Crippen LogP) is 7.32. The van der Waals surface area contributed by atoms with E-state index in [9.17, 15) is 57.5 Å². The van der Waals surface area contributed by atoms with Gasteiger partial charge in [0, 0.05) is 0 Å². The molecule has 0 saturated heterocycles. The van der Waals surface area contributed by atoms with Crippen LogP contribution in [0.3, 0.4) is 0 Å². The maximum absolute atomic E-state index is 13.0. The average molecular weight is 484 g/mol. The van der Waals surface area contributed by atoms with E-state index in [0.717, 1.165) is 0 Å². The van der Waals surface area contributed by atoms with Crippen LogP contribution in [0.4, 0.5) is 68.9 Å². The molecule has 0 bridgehead atoms. The lowest BCUT2D eigenvalue weighted by Crippen LogP contribution is -2.55. The second-order valence-corrected chi connectivity index (χ2v) is 5.99. The minimum absolute atomic E-state index is 0.0170. The van der Waals surface area contributed by atoms with Gasteiger partial charge in [-0.1, -0.05) is 12.1 Å². The van der Waals surface area contributed by atoms with E-state index in [4.69, 9.17) is 0 Å². The molecule has 2 rings (SSSR count). The summed E-state index contributed by atoms with van der Waals surface area (Å²) in [4.78, 5) is 9.19. The number of amides is 2. The number of alkyl halides is 12. The van der Waals surface area contributed by atoms with Crippen LogP contribution in [0, 0.1) is 0 Å². The first-order valence-electron chi connectivity index (χ1n) is 7.96. The average Bonchev–Trinajstić information content (AvgIpc) is 2.58. The SMILES string of the molecule is O=C(N(c1cccc(C(F)(F)F)c1)c1cccc(C(F)(F)F)c1)N(C(F)(F)F)C(F)(F)F. The Morgan fingerprint density at radius 2 is 0.938 bits per heavy atom. The van der Waals surface area contributed by atoms with Crippen LogP contribution < -0.4 is 4.90 Å². The van der Waals surface area contributed by atoms with Crippen LogP contribution in [-0.2, 0) is 12.4 Å². The van der Waals surface area contributed by atoms with Crippen LogP contribution >= 0.6 is 0 Å². The van der Waals surface area contributed by atoms with Crippen molar-refractivity contribution in [3.63, 3.8) is 0 Å². The summed E-state index contributed by atoms with van der Waals surface area (Å²) in [7, 11) is 0. The highest BCUT2D eigenvalue weighted by Gasteiger charge is 2.58. The summed E-state index contributed by atoms with van der Waals surface area (Å²) in [6.45, 7) is 0. The van der Waals surface area contributed by atoms with E-state index in [1.54, 1.807) is 0 Å². The molecule has 32 heavy (non-hydrogen) atoms. The third-order valence-corrected chi connectivity index (χ3v) is 3.75. The summed E-state index contributed by atoms with van der Waals surface area (Å²) >= 11 is 0. The molecule has 0 fully saturated rings. The second kappa shape index (κ2) is 8.09. The molecule has 0 aliphatic heterocycles. The third kappa shape index (κ3) is 5.56. The van der Waals surface area contributed by atoms with Crippen LogP contribution in [-0.4, -0.2) is 23.5 Å². The topological polar surface area (TPSA) is 23.6 Å². The van der Waals surface area contributed by atoms with E-state index in [2.05, 4.69) is 0 Å². The minimum atomic E-state index is -6.41. The van der Waals surface area contributed by atoms with Gasteiger partial charge >= 0.3 is 31.0 Å². The first kappa shape index (κ1) is 25.1. The van der Waals surface area contributed by atoms with Gasteiger partial charge in [-0.05, 0) is 36.4 Å². The molecule has 2 aromatic carbocycles. The van der Waals surface area contributed by atoms with Crippen molar-refractivity contribution in [1.29, 1.82) is 0 Å². The molecule has 2 aromatic rings. The van der Waals surface area contributed by atoms with E-state index >= 15 is 0 Å². The van der Waals surface area contributed by atoms with Crippen LogP contribution in [0.1, 0.15) is 11.1 Å². The zero-order chi connectivity index (χ0) is 24.7. The molecule has 0 spiro atoms. The highest BCUT2D eigenvalue weighted by molar-refractivity contribution is 6.00. The number of carbonyl (C=O) groups is 1. The maximum Gasteiger partial charge on any atom is 0.495 e. The van der Waals surface area contributed by atoms with E-state index < -0.39 is 63.3 Å². The van der Waals surface area contributed by atoms with Gasteiger partial charge in [-0.2, -0.15) is 26.3 Å². The number of carbonyl (C=O) groups excluding carboxylic acids is 1. The Hall–Kier alpha value is -3.13. The lowest BCUT2D eigenvalue weighted by atomic mass is 10.1. The van der Waals surface area contributed by atoms with Crippen molar-refractivity contribution in [3.05, 3.63) is 59.7 Å². The van der Waals surface area contributed by atoms with Crippen molar-refractivity contribution in [1.82, 2.24) is 4.90 Å². The molecule has 0 atom stereocenters. The zero-order valence-corrected chi connectivity index (χ0v) is 15.0. The fourth-order valence-electron chi connectivity index (χ4n) is 2.47. The van der Waals surface area contributed by atoms with Crippen molar-refractivity contribution in [3.8, 4) is 0 Å². The fraction of sp³-hybridized carbons (Fsp3) is 0.235. The first-order chi connectivity index (χ1) is 14.3. The number of rotatable bonds is 2. The van der Waals surface area contributed by atoms with E-state index in [-0.39, 0.29) is 12.1 Å². The third-order valence-electron chi connectivity index (χ3n) is 3.75. The van der Waals surface area contributed by atoms with Crippen LogP contribution in [0.2, 0.25) is 0 Å². The number of benzene rings is 2. The molecule has 0 aliphatic rings. The number of nitrogens with zero attached hydrogens (tertiary/aromatic N) is 2. The summed E-state index contributed by atoms with van der Waals surface area (Å²) < 4.78 is 156. The monoisotopic (exact) mass is 484 g/mol. The van der Waals surface area contributed by atoms with Crippen LogP contribution in [0.15, 0.2) is 48.5 Å². The lowest BCUT2D eigenvalue weighted by molar-refractivity contribution is -0.347. The molecule has 176 valence electrons. The molecular formula is C17H8F12N2O. The van der Waals surface area contributed by atoms with Gasteiger partial charge in [-0.3, -0.25) is 4.90 Å². The summed E-state index contributed by atoms with van der Waals surface area (Å²) in [5, 5.41) is 0. The molecule has 15 heteroatoms. The van der Waals surface area contributed by atoms with Crippen LogP contribution in [0.5, 0.6) is 0 Å². The number of urea groups is 1. The van der Waals surface area contributed by atoms with Gasteiger partial charge in [0.2, 0.25) is 0 Å². The largest absolute Gasteiger partial charge is 0.495 e. The molecule has 0 heterocycles. The molecule has 0 unspecified atom stereocenters. The quantitative estimate of drug-likeness (QED) is 0.324. The molecule has 0 radical (unpaired) electrons. The standard InChI is InChI=1S/C17H8F12N2O/c18-14(19,20)9-3-1-5-11(7-9)30(12-6-2-4-10(8-12)15(21,22)23)13(32)31(16(24,25)26)17(27,28)29/h1-8H. The predicted molar refractivity (Wildman–Crippen MR) is 84.4 cm³/mol. The maximum atomic E-state index is 13.0. The molecule has 0 saturated carbocycles. The van der Waals surface area contributed by atoms with Gasteiger partial charge in [-0.25, -0.2) is 4.79 Å². The zero-order valence-electron chi connectivity index (χ0n) is 15.0. The Morgan fingerprint density at radius 3 is 1.22 bits per heavy atom. The highest BCUT2D eigenvalue weighted by atomic mass is 19.4. The Bertz CT molecular complexity index is 903. The van der Waals surface area contributed by atoms with E-state index in [0.29, 0.717) is 36.4 Å². The summed E-state index contributed by atoms with van der Waals surface area (Å²) in [6, 6.07) is -0.0193. The molecule has 2 amide bonds. The van der Waals surface area contributed by atoms with Gasteiger partial charge in [-0.15, -0.1) is 31.2 Å². The van der Waals surface area contributed by atoms with Crippen molar-refractivity contribution < 1.29 is 57.5 Å². The molecule has 3 nitrogen and oxygen atoms in total. The van der Waals surface area contributed by atoms with Crippen LogP contribution in [0.25, 0.3) is 0 Å². The Morgan fingerprint density at radius 1 is 0.594 bits per heavy atom. The fourth-order valence-corrected chi connectivity index (χ4v) is 2.47. The summed E-state index contributed by atoms with van der Waals surface area (Å²) in [6.07, 6.45) is -23.1. The van der Waals surface area contributed by atoms with E-state index in [1.165, 1.54) is 0 Å². The number of hydrogen-bond acceptors (Lipinski definition) is 1. The molecule has 0 aromatic heterocycles. The molecule has 0 aliphatic carbocycles. The first-order valence-corrected chi connectivity index (χ1v) is 7.96. The van der Waals surface area contributed by atoms with Gasteiger partial charge in [0.25, 0.3) is 0 Å². The van der Waals surface area contributed by atoms with Crippen molar-refractivity contribution >= 4 is 17.4 Å². The van der Waals surface area contributed by atoms with Crippen molar-refractivity contribution in [2.24, 2.45) is 0 Å².